The van der Waals surface area contributed by atoms with Crippen LogP contribution in [0.1, 0.15) is 20.3 Å². The van der Waals surface area contributed by atoms with Crippen molar-refractivity contribution in [2.45, 2.75) is 20.3 Å². The molecule has 2 aliphatic rings. The van der Waals surface area contributed by atoms with Crippen LogP contribution in [-0.2, 0) is 0 Å². The van der Waals surface area contributed by atoms with Gasteiger partial charge in [-0.25, -0.2) is 0 Å². The molecule has 0 spiro atoms. The van der Waals surface area contributed by atoms with E-state index in [4.69, 9.17) is 5.73 Å². The van der Waals surface area contributed by atoms with Crippen molar-refractivity contribution in [2.75, 3.05) is 6.54 Å². The maximum atomic E-state index is 5.94. The van der Waals surface area contributed by atoms with Crippen LogP contribution in [0, 0.1) is 5.92 Å². The molecule has 0 saturated heterocycles. The number of fused-ring (bicyclic) bond motifs is 1. The van der Waals surface area contributed by atoms with E-state index in [1.807, 2.05) is 19.1 Å². The van der Waals surface area contributed by atoms with Crippen molar-refractivity contribution in [2.24, 2.45) is 11.7 Å². The molecule has 1 unspecified atom stereocenters. The molecule has 1 heterocycles. The molecule has 0 radical (unpaired) electrons. The van der Waals surface area contributed by atoms with E-state index in [0.717, 1.165) is 18.7 Å². The summed E-state index contributed by atoms with van der Waals surface area (Å²) in [6.07, 6.45) is 11.3. The predicted molar refractivity (Wildman–Crippen MR) is 72.9 cm³/mol. The van der Waals surface area contributed by atoms with Gasteiger partial charge in [-0.15, -0.1) is 0 Å². The van der Waals surface area contributed by atoms with E-state index in [1.54, 1.807) is 0 Å². The van der Waals surface area contributed by atoms with Gasteiger partial charge in [0.25, 0.3) is 0 Å². The summed E-state index contributed by atoms with van der Waals surface area (Å²) in [7, 11) is 0. The van der Waals surface area contributed by atoms with Crippen molar-refractivity contribution in [1.29, 1.82) is 0 Å². The van der Waals surface area contributed by atoms with Crippen LogP contribution in [-0.4, -0.2) is 11.4 Å². The Morgan fingerprint density at radius 2 is 2.29 bits per heavy atom. The third-order valence-corrected chi connectivity index (χ3v) is 3.40. The Bertz CT molecular complexity index is 450. The Morgan fingerprint density at radius 3 is 2.88 bits per heavy atom. The van der Waals surface area contributed by atoms with E-state index in [1.165, 1.54) is 17.0 Å². The summed E-state index contributed by atoms with van der Waals surface area (Å²) in [5, 5.41) is 0. The van der Waals surface area contributed by atoms with Crippen molar-refractivity contribution >= 4 is 0 Å². The van der Waals surface area contributed by atoms with Gasteiger partial charge in [-0.3, -0.25) is 0 Å². The highest BCUT2D eigenvalue weighted by Crippen LogP contribution is 2.42. The topological polar surface area (TPSA) is 29.3 Å². The minimum atomic E-state index is 0.392. The van der Waals surface area contributed by atoms with Crippen molar-refractivity contribution < 1.29 is 0 Å². The van der Waals surface area contributed by atoms with E-state index >= 15 is 0 Å². The molecule has 0 amide bonds. The fourth-order valence-corrected chi connectivity index (χ4v) is 2.68. The minimum Gasteiger partial charge on any atom is -0.402 e. The molecule has 2 rings (SSSR count). The average molecular weight is 228 g/mol. The second-order valence-electron chi connectivity index (χ2n) is 4.38. The van der Waals surface area contributed by atoms with E-state index in [-0.39, 0.29) is 0 Å². The molecule has 1 aliphatic heterocycles. The minimum absolute atomic E-state index is 0.392. The molecule has 2 nitrogen and oxygen atoms in total. The number of likely N-dealkylation sites (N-methyl/N-ethyl adjacent to an activating group) is 1. The molecular weight excluding hydrogens is 208 g/mol. The smallest absolute Gasteiger partial charge is 0.0444 e. The lowest BCUT2D eigenvalue weighted by Gasteiger charge is -2.25. The van der Waals surface area contributed by atoms with Gasteiger partial charge in [-0.05, 0) is 44.1 Å². The molecular formula is C15H20N2. The van der Waals surface area contributed by atoms with Gasteiger partial charge in [0.1, 0.15) is 0 Å². The van der Waals surface area contributed by atoms with Gasteiger partial charge in [-0.2, -0.15) is 0 Å². The first kappa shape index (κ1) is 11.8. The van der Waals surface area contributed by atoms with Gasteiger partial charge in [0.05, 0.1) is 0 Å². The molecule has 2 heteroatoms. The number of rotatable bonds is 3. The first-order valence-electron chi connectivity index (χ1n) is 6.16. The maximum Gasteiger partial charge on any atom is 0.0444 e. The molecule has 17 heavy (non-hydrogen) atoms. The van der Waals surface area contributed by atoms with E-state index in [9.17, 15) is 0 Å². The van der Waals surface area contributed by atoms with Crippen LogP contribution >= 0.6 is 0 Å². The fraction of sp³-hybridized carbons (Fsp3) is 0.333. The number of nitrogens with two attached hydrogens (primary N) is 1. The molecule has 1 atom stereocenters. The number of hydrogen-bond donors (Lipinski definition) is 1. The second-order valence-corrected chi connectivity index (χ2v) is 4.38. The van der Waals surface area contributed by atoms with Crippen LogP contribution in [0.25, 0.3) is 0 Å². The SMILES string of the molecule is C=CC1=C(/C=C\C)N(CC)C2=CC=C(N)CC21. The van der Waals surface area contributed by atoms with Gasteiger partial charge < -0.3 is 10.6 Å². The Balaban J connectivity index is 2.49. The molecule has 0 saturated carbocycles. The van der Waals surface area contributed by atoms with Gasteiger partial charge in [0, 0.05) is 29.6 Å². The zero-order chi connectivity index (χ0) is 12.4. The van der Waals surface area contributed by atoms with Gasteiger partial charge in [0.15, 0.2) is 0 Å². The van der Waals surface area contributed by atoms with Crippen molar-refractivity contribution in [3.8, 4) is 0 Å². The summed E-state index contributed by atoms with van der Waals surface area (Å²) in [6, 6.07) is 0. The lowest BCUT2D eigenvalue weighted by atomic mass is 9.89. The number of hydrogen-bond acceptors (Lipinski definition) is 2. The summed E-state index contributed by atoms with van der Waals surface area (Å²) in [5.41, 5.74) is 10.8. The van der Waals surface area contributed by atoms with Crippen molar-refractivity contribution in [1.82, 2.24) is 4.90 Å². The van der Waals surface area contributed by atoms with Gasteiger partial charge in [-0.1, -0.05) is 18.7 Å². The van der Waals surface area contributed by atoms with E-state index in [0.29, 0.717) is 5.92 Å². The highest BCUT2D eigenvalue weighted by Gasteiger charge is 2.33. The summed E-state index contributed by atoms with van der Waals surface area (Å²) in [5.74, 6) is 0.392. The van der Waals surface area contributed by atoms with Crippen LogP contribution < -0.4 is 5.73 Å². The highest BCUT2D eigenvalue weighted by molar-refractivity contribution is 5.48. The first-order chi connectivity index (χ1) is 8.22. The summed E-state index contributed by atoms with van der Waals surface area (Å²) in [4.78, 5) is 2.35. The Morgan fingerprint density at radius 1 is 1.53 bits per heavy atom. The lowest BCUT2D eigenvalue weighted by Crippen LogP contribution is -2.21. The molecule has 1 aliphatic carbocycles. The Labute approximate surface area is 103 Å². The predicted octanol–water partition coefficient (Wildman–Crippen LogP) is 3.08. The van der Waals surface area contributed by atoms with E-state index in [2.05, 4.69) is 36.6 Å². The normalized spacial score (nSPS) is 23.9. The fourth-order valence-electron chi connectivity index (χ4n) is 2.68. The van der Waals surface area contributed by atoms with Crippen molar-refractivity contribution in [3.05, 3.63) is 59.6 Å². The van der Waals surface area contributed by atoms with Crippen molar-refractivity contribution in [3.63, 3.8) is 0 Å². The molecule has 0 bridgehead atoms. The van der Waals surface area contributed by atoms with E-state index < -0.39 is 0 Å². The number of nitrogens with zero attached hydrogens (tertiary/aromatic N) is 1. The zero-order valence-corrected chi connectivity index (χ0v) is 10.6. The largest absolute Gasteiger partial charge is 0.402 e. The summed E-state index contributed by atoms with van der Waals surface area (Å²) < 4.78 is 0. The van der Waals surface area contributed by atoms with Crippen LogP contribution in [0.2, 0.25) is 0 Å². The average Bonchev–Trinajstić information content (AvgIpc) is 2.61. The molecule has 90 valence electrons. The maximum absolute atomic E-state index is 5.94. The summed E-state index contributed by atoms with van der Waals surface area (Å²) in [6.45, 7) is 9.16. The molecule has 2 N–H and O–H groups in total. The molecule has 0 aromatic heterocycles. The second kappa shape index (κ2) is 4.66. The Hall–Kier alpha value is -1.70. The van der Waals surface area contributed by atoms with Gasteiger partial charge >= 0.3 is 0 Å². The Kier molecular flexibility index (Phi) is 3.23. The van der Waals surface area contributed by atoms with Crippen LogP contribution in [0.3, 0.4) is 0 Å². The third-order valence-electron chi connectivity index (χ3n) is 3.40. The molecule has 0 fully saturated rings. The quantitative estimate of drug-likeness (QED) is 0.804. The number of allylic oxidation sites excluding steroid dienone is 7. The standard InChI is InChI=1S/C15H20N2/c1-4-7-14-12(5-2)13-10-11(16)8-9-15(13)17(14)6-3/h4-5,7-9,13H,2,6,10,16H2,1,3H3/b7-4-. The van der Waals surface area contributed by atoms with Crippen LogP contribution in [0.4, 0.5) is 0 Å². The highest BCUT2D eigenvalue weighted by atomic mass is 15.2. The monoisotopic (exact) mass is 228 g/mol. The lowest BCUT2D eigenvalue weighted by molar-refractivity contribution is 0.448. The molecule has 0 aromatic carbocycles. The van der Waals surface area contributed by atoms with Crippen LogP contribution in [0.5, 0.6) is 0 Å². The first-order valence-corrected chi connectivity index (χ1v) is 6.16. The van der Waals surface area contributed by atoms with Crippen LogP contribution in [0.15, 0.2) is 59.6 Å². The summed E-state index contributed by atoms with van der Waals surface area (Å²) >= 11 is 0. The zero-order valence-electron chi connectivity index (χ0n) is 10.6. The third kappa shape index (κ3) is 1.84. The van der Waals surface area contributed by atoms with Gasteiger partial charge in [0.2, 0.25) is 0 Å². The molecule has 0 aromatic rings.